The second kappa shape index (κ2) is 7.66. The van der Waals surface area contributed by atoms with Crippen molar-refractivity contribution in [3.8, 4) is 0 Å². The van der Waals surface area contributed by atoms with Gasteiger partial charge in [-0.3, -0.25) is 4.79 Å². The maximum absolute atomic E-state index is 12.0. The number of imidazole rings is 1. The first kappa shape index (κ1) is 17.6. The van der Waals surface area contributed by atoms with Gasteiger partial charge in [-0.2, -0.15) is 0 Å². The number of unbranched alkanes of at least 4 members (excludes halogenated alkanes) is 1. The average molecular weight is 358 g/mol. The van der Waals surface area contributed by atoms with E-state index < -0.39 is 12.0 Å². The maximum Gasteiger partial charge on any atom is 0.326 e. The number of halogens is 2. The van der Waals surface area contributed by atoms with Gasteiger partial charge in [0.25, 0.3) is 0 Å². The van der Waals surface area contributed by atoms with Crippen molar-refractivity contribution in [3.63, 3.8) is 0 Å². The fraction of sp³-hybridized carbons (Fsp3) is 0.400. The molecule has 0 spiro atoms. The lowest BCUT2D eigenvalue weighted by Gasteiger charge is -2.13. The number of hydrogen-bond donors (Lipinski definition) is 2. The number of nitrogens with zero attached hydrogens (tertiary/aromatic N) is 2. The SMILES string of the molecule is CCCC[C@H](NC(=O)Cc1cn2cc(Cl)cc(Cl)c2n1)C(=O)O. The number of rotatable bonds is 7. The fourth-order valence-electron chi connectivity index (χ4n) is 2.24. The first-order valence-corrected chi connectivity index (χ1v) is 8.01. The number of carboxylic acid groups (broad SMARTS) is 1. The topological polar surface area (TPSA) is 83.7 Å². The largest absolute Gasteiger partial charge is 0.480 e. The third kappa shape index (κ3) is 4.59. The molecule has 23 heavy (non-hydrogen) atoms. The van der Waals surface area contributed by atoms with Crippen molar-refractivity contribution in [1.82, 2.24) is 14.7 Å². The zero-order valence-corrected chi connectivity index (χ0v) is 14.1. The molecule has 0 fully saturated rings. The molecule has 2 N–H and O–H groups in total. The zero-order valence-electron chi connectivity index (χ0n) is 12.6. The molecular weight excluding hydrogens is 341 g/mol. The van der Waals surface area contributed by atoms with Crippen molar-refractivity contribution < 1.29 is 14.7 Å². The van der Waals surface area contributed by atoms with Crippen LogP contribution >= 0.6 is 23.2 Å². The first-order valence-electron chi connectivity index (χ1n) is 7.25. The van der Waals surface area contributed by atoms with E-state index in [-0.39, 0.29) is 12.3 Å². The molecule has 1 amide bonds. The molecule has 2 aromatic heterocycles. The van der Waals surface area contributed by atoms with Gasteiger partial charge in [0.05, 0.1) is 22.2 Å². The summed E-state index contributed by atoms with van der Waals surface area (Å²) in [5.41, 5.74) is 0.992. The molecule has 8 heteroatoms. The van der Waals surface area contributed by atoms with E-state index in [4.69, 9.17) is 28.3 Å². The van der Waals surface area contributed by atoms with Crippen LogP contribution in [0.5, 0.6) is 0 Å². The molecule has 0 bridgehead atoms. The highest BCUT2D eigenvalue weighted by molar-refractivity contribution is 6.36. The Bertz CT molecular complexity index is 730. The molecule has 2 heterocycles. The normalized spacial score (nSPS) is 12.3. The third-order valence-corrected chi connectivity index (χ3v) is 3.83. The van der Waals surface area contributed by atoms with Crippen LogP contribution in [0.25, 0.3) is 5.65 Å². The summed E-state index contributed by atoms with van der Waals surface area (Å²) in [5, 5.41) is 12.5. The summed E-state index contributed by atoms with van der Waals surface area (Å²) >= 11 is 12.0. The summed E-state index contributed by atoms with van der Waals surface area (Å²) in [6.45, 7) is 1.96. The van der Waals surface area contributed by atoms with Gasteiger partial charge in [0.2, 0.25) is 5.91 Å². The van der Waals surface area contributed by atoms with Gasteiger partial charge in [-0.05, 0) is 12.5 Å². The molecule has 0 aliphatic rings. The van der Waals surface area contributed by atoms with Crippen molar-refractivity contribution >= 4 is 40.7 Å². The second-order valence-electron chi connectivity index (χ2n) is 5.25. The highest BCUT2D eigenvalue weighted by atomic mass is 35.5. The zero-order chi connectivity index (χ0) is 17.0. The Kier molecular flexibility index (Phi) is 5.85. The van der Waals surface area contributed by atoms with E-state index >= 15 is 0 Å². The Labute approximate surface area is 143 Å². The van der Waals surface area contributed by atoms with Gasteiger partial charge in [0.15, 0.2) is 5.65 Å². The predicted molar refractivity (Wildman–Crippen MR) is 88.0 cm³/mol. The number of pyridine rings is 1. The molecule has 0 aliphatic heterocycles. The Balaban J connectivity index is 2.07. The van der Waals surface area contributed by atoms with Crippen molar-refractivity contribution in [2.24, 2.45) is 0 Å². The molecule has 0 radical (unpaired) electrons. The molecule has 0 saturated heterocycles. The monoisotopic (exact) mass is 357 g/mol. The van der Waals surface area contributed by atoms with Crippen LogP contribution in [0.2, 0.25) is 10.0 Å². The lowest BCUT2D eigenvalue weighted by atomic mass is 10.1. The van der Waals surface area contributed by atoms with E-state index in [0.29, 0.717) is 27.8 Å². The van der Waals surface area contributed by atoms with Gasteiger partial charge in [-0.15, -0.1) is 0 Å². The van der Waals surface area contributed by atoms with Crippen molar-refractivity contribution in [3.05, 3.63) is 34.2 Å². The Morgan fingerprint density at radius 2 is 2.13 bits per heavy atom. The number of carbonyl (C=O) groups excluding carboxylic acids is 1. The van der Waals surface area contributed by atoms with Crippen LogP contribution in [0.3, 0.4) is 0 Å². The van der Waals surface area contributed by atoms with Crippen LogP contribution in [-0.2, 0) is 16.0 Å². The lowest BCUT2D eigenvalue weighted by Crippen LogP contribution is -2.41. The molecule has 0 saturated carbocycles. The van der Waals surface area contributed by atoms with Crippen LogP contribution in [0.15, 0.2) is 18.5 Å². The average Bonchev–Trinajstić information content (AvgIpc) is 2.85. The van der Waals surface area contributed by atoms with E-state index in [1.54, 1.807) is 22.9 Å². The number of carboxylic acids is 1. The van der Waals surface area contributed by atoms with Gasteiger partial charge in [0.1, 0.15) is 6.04 Å². The van der Waals surface area contributed by atoms with Gasteiger partial charge in [-0.25, -0.2) is 9.78 Å². The predicted octanol–water partition coefficient (Wildman–Crippen LogP) is 2.94. The van der Waals surface area contributed by atoms with Crippen molar-refractivity contribution in [1.29, 1.82) is 0 Å². The fourth-order valence-corrected chi connectivity index (χ4v) is 2.76. The smallest absolute Gasteiger partial charge is 0.326 e. The summed E-state index contributed by atoms with van der Waals surface area (Å²) in [4.78, 5) is 27.5. The molecule has 0 aromatic carbocycles. The lowest BCUT2D eigenvalue weighted by molar-refractivity contribution is -0.142. The molecule has 2 aromatic rings. The van der Waals surface area contributed by atoms with Gasteiger partial charge in [-0.1, -0.05) is 43.0 Å². The Morgan fingerprint density at radius 3 is 2.78 bits per heavy atom. The summed E-state index contributed by atoms with van der Waals surface area (Å²) in [5.74, 6) is -1.42. The van der Waals surface area contributed by atoms with E-state index in [0.717, 1.165) is 12.8 Å². The quantitative estimate of drug-likeness (QED) is 0.797. The van der Waals surface area contributed by atoms with E-state index in [1.807, 2.05) is 6.92 Å². The van der Waals surface area contributed by atoms with E-state index in [1.165, 1.54) is 0 Å². The number of fused-ring (bicyclic) bond motifs is 1. The minimum atomic E-state index is -1.03. The highest BCUT2D eigenvalue weighted by Gasteiger charge is 2.20. The van der Waals surface area contributed by atoms with Crippen LogP contribution in [0.1, 0.15) is 31.9 Å². The number of nitrogens with one attached hydrogen (secondary N) is 1. The number of aliphatic carboxylic acids is 1. The Morgan fingerprint density at radius 1 is 1.39 bits per heavy atom. The molecule has 0 aliphatic carbocycles. The van der Waals surface area contributed by atoms with Crippen LogP contribution in [0, 0.1) is 0 Å². The minimum Gasteiger partial charge on any atom is -0.480 e. The molecular formula is C15H17Cl2N3O3. The summed E-state index contributed by atoms with van der Waals surface area (Å²) in [6, 6.07) is 0.693. The summed E-state index contributed by atoms with van der Waals surface area (Å²) < 4.78 is 1.64. The minimum absolute atomic E-state index is 0.0223. The summed E-state index contributed by atoms with van der Waals surface area (Å²) in [6.07, 6.45) is 5.27. The number of carbonyl (C=O) groups is 2. The standard InChI is InChI=1S/C15H17Cl2N3O3/c1-2-3-4-12(15(22)23)19-13(21)6-10-8-20-7-9(16)5-11(17)14(20)18-10/h5,7-8,12H,2-4,6H2,1H3,(H,19,21)(H,22,23)/t12-/m0/s1. The molecule has 124 valence electrons. The second-order valence-corrected chi connectivity index (χ2v) is 6.09. The molecule has 0 unspecified atom stereocenters. The first-order chi connectivity index (χ1) is 10.9. The summed E-state index contributed by atoms with van der Waals surface area (Å²) in [7, 11) is 0. The number of hydrogen-bond acceptors (Lipinski definition) is 3. The third-order valence-electron chi connectivity index (χ3n) is 3.34. The van der Waals surface area contributed by atoms with Gasteiger partial charge >= 0.3 is 5.97 Å². The van der Waals surface area contributed by atoms with Crippen LogP contribution < -0.4 is 5.32 Å². The highest BCUT2D eigenvalue weighted by Crippen LogP contribution is 2.21. The maximum atomic E-state index is 12.0. The van der Waals surface area contributed by atoms with Crippen LogP contribution in [0.4, 0.5) is 0 Å². The van der Waals surface area contributed by atoms with Gasteiger partial charge in [0, 0.05) is 12.4 Å². The molecule has 2 rings (SSSR count). The van der Waals surface area contributed by atoms with E-state index in [2.05, 4.69) is 10.3 Å². The van der Waals surface area contributed by atoms with Crippen molar-refractivity contribution in [2.75, 3.05) is 0 Å². The number of aromatic nitrogens is 2. The molecule has 1 atom stereocenters. The van der Waals surface area contributed by atoms with E-state index in [9.17, 15) is 9.59 Å². The Hall–Kier alpha value is -1.79. The van der Waals surface area contributed by atoms with Crippen LogP contribution in [-0.4, -0.2) is 32.4 Å². The number of amides is 1. The van der Waals surface area contributed by atoms with Gasteiger partial charge < -0.3 is 14.8 Å². The van der Waals surface area contributed by atoms with Crippen molar-refractivity contribution in [2.45, 2.75) is 38.6 Å². The molecule has 6 nitrogen and oxygen atoms in total.